The Bertz CT molecular complexity index is 493. The molecule has 2 nitrogen and oxygen atoms in total. The van der Waals surface area contributed by atoms with Crippen LogP contribution in [0.1, 0.15) is 92.4 Å². The van der Waals surface area contributed by atoms with E-state index >= 15 is 0 Å². The molecule has 0 amide bonds. The zero-order valence-corrected chi connectivity index (χ0v) is 21.9. The van der Waals surface area contributed by atoms with Crippen LogP contribution in [0.25, 0.3) is 0 Å². The second kappa shape index (κ2) is 19.7. The van der Waals surface area contributed by atoms with E-state index in [4.69, 9.17) is 4.74 Å². The Morgan fingerprint density at radius 1 is 0.900 bits per heavy atom. The van der Waals surface area contributed by atoms with Gasteiger partial charge < -0.3 is 9.22 Å². The highest BCUT2D eigenvalue weighted by Crippen LogP contribution is 2.18. The van der Waals surface area contributed by atoms with Crippen molar-refractivity contribution in [2.45, 2.75) is 92.4 Å². The summed E-state index contributed by atoms with van der Waals surface area (Å²) in [4.78, 5) is 0. The fourth-order valence-electron chi connectivity index (χ4n) is 3.27. The van der Waals surface area contributed by atoms with Gasteiger partial charge in [-0.05, 0) is 44.3 Å². The van der Waals surface area contributed by atoms with E-state index in [1.54, 1.807) is 7.11 Å². The van der Waals surface area contributed by atoms with E-state index in [0.717, 1.165) is 22.4 Å². The maximum Gasteiger partial charge on any atom is 0.115 e. The zero-order valence-electron chi connectivity index (χ0n) is 21.9. The molecule has 0 aliphatic heterocycles. The van der Waals surface area contributed by atoms with Gasteiger partial charge in [-0.3, -0.25) is 0 Å². The Hall–Kier alpha value is -1.28. The highest BCUT2D eigenvalue weighted by atomic mass is 16.5. The topological polar surface area (TPSA) is 9.23 Å². The Morgan fingerprint density at radius 3 is 1.80 bits per heavy atom. The van der Waals surface area contributed by atoms with Crippen molar-refractivity contribution in [1.82, 2.24) is 0 Å². The second-order valence-corrected chi connectivity index (χ2v) is 9.61. The van der Waals surface area contributed by atoms with Crippen LogP contribution in [0, 0.1) is 5.92 Å². The largest absolute Gasteiger partial charge is 0.497 e. The first kappa shape index (κ1) is 30.9. The molecule has 0 radical (unpaired) electrons. The molecule has 0 heterocycles. The van der Waals surface area contributed by atoms with Gasteiger partial charge in [0.2, 0.25) is 0 Å². The van der Waals surface area contributed by atoms with Gasteiger partial charge >= 0.3 is 0 Å². The van der Waals surface area contributed by atoms with Crippen molar-refractivity contribution in [3.05, 3.63) is 48.3 Å². The van der Waals surface area contributed by atoms with Crippen molar-refractivity contribution >= 4 is 0 Å². The maximum atomic E-state index is 5.11. The number of ether oxygens (including phenoxy) is 1. The Kier molecular flexibility index (Phi) is 20.3. The molecule has 0 aliphatic carbocycles. The lowest BCUT2D eigenvalue weighted by molar-refractivity contribution is -0.884. The predicted molar refractivity (Wildman–Crippen MR) is 138 cm³/mol. The number of methoxy groups -OCH3 is 1. The van der Waals surface area contributed by atoms with E-state index in [0.29, 0.717) is 5.92 Å². The first-order valence-corrected chi connectivity index (χ1v) is 12.1. The normalized spacial score (nSPS) is 11.6. The highest BCUT2D eigenvalue weighted by molar-refractivity contribution is 5.29. The lowest BCUT2D eigenvalue weighted by Gasteiger charge is -2.28. The minimum atomic E-state index is 0.447. The van der Waals surface area contributed by atoms with E-state index in [1.807, 2.05) is 6.08 Å². The van der Waals surface area contributed by atoms with Crippen molar-refractivity contribution < 1.29 is 9.22 Å². The van der Waals surface area contributed by atoms with E-state index in [2.05, 4.69) is 74.0 Å². The van der Waals surface area contributed by atoms with Crippen LogP contribution in [0.4, 0.5) is 0 Å². The van der Waals surface area contributed by atoms with Gasteiger partial charge in [0.25, 0.3) is 0 Å². The Morgan fingerprint density at radius 2 is 1.40 bits per heavy atom. The quantitative estimate of drug-likeness (QED) is 0.0799. The molecular formula is C28H54NO+. The summed E-state index contributed by atoms with van der Waals surface area (Å²) in [5.74, 6) is 1.20. The van der Waals surface area contributed by atoms with Gasteiger partial charge in [0, 0.05) is 0 Å². The van der Waals surface area contributed by atoms with Crippen molar-refractivity contribution in [3.63, 3.8) is 0 Å². The average molecular weight is 421 g/mol. The van der Waals surface area contributed by atoms with E-state index in [1.165, 1.54) is 69.9 Å². The molecule has 0 N–H and O–H groups in total. The summed E-state index contributed by atoms with van der Waals surface area (Å²) in [5.41, 5.74) is 2.44. The standard InChI is InChI=1S/C16H34N.C12H20O/c1-5-7-8-9-10-11-12-13-14-16-17(3,4)15-6-2;1-9(2)7-8-12(10(3)4)11(5)13-6/h6H,2,5,7-16H2,1,3-4H3;7-8,10H,5H2,1-4,6H3/q+1;/b;12-8-. The Labute approximate surface area is 190 Å². The highest BCUT2D eigenvalue weighted by Gasteiger charge is 2.11. The summed E-state index contributed by atoms with van der Waals surface area (Å²) < 4.78 is 6.21. The van der Waals surface area contributed by atoms with E-state index in [9.17, 15) is 0 Å². The lowest BCUT2D eigenvalue weighted by Crippen LogP contribution is -2.40. The third-order valence-electron chi connectivity index (χ3n) is 5.28. The van der Waals surface area contributed by atoms with Crippen LogP contribution < -0.4 is 0 Å². The lowest BCUT2D eigenvalue weighted by atomic mass is 10.0. The molecule has 0 spiro atoms. The smallest absolute Gasteiger partial charge is 0.115 e. The predicted octanol–water partition coefficient (Wildman–Crippen LogP) is 8.47. The number of rotatable bonds is 16. The summed E-state index contributed by atoms with van der Waals surface area (Å²) in [7, 11) is 6.25. The number of allylic oxidation sites excluding steroid dienone is 4. The van der Waals surface area contributed by atoms with Crippen LogP contribution >= 0.6 is 0 Å². The molecule has 2 heteroatoms. The molecule has 0 fully saturated rings. The fraction of sp³-hybridized carbons (Fsp3) is 0.714. The first-order valence-electron chi connectivity index (χ1n) is 12.1. The van der Waals surface area contributed by atoms with Gasteiger partial charge in [-0.1, -0.05) is 96.6 Å². The second-order valence-electron chi connectivity index (χ2n) is 9.61. The molecule has 0 bridgehead atoms. The third-order valence-corrected chi connectivity index (χ3v) is 5.28. The molecule has 0 unspecified atom stereocenters. The molecule has 0 aromatic carbocycles. The molecule has 0 rings (SSSR count). The number of unbranched alkanes of at least 4 members (excludes halogenated alkanes) is 8. The maximum absolute atomic E-state index is 5.11. The molecule has 0 aliphatic rings. The molecule has 0 aromatic heterocycles. The molecular weight excluding hydrogens is 366 g/mol. The van der Waals surface area contributed by atoms with Gasteiger partial charge in [0.15, 0.2) is 0 Å². The van der Waals surface area contributed by atoms with Crippen LogP contribution in [0.5, 0.6) is 0 Å². The van der Waals surface area contributed by atoms with Gasteiger partial charge in [0.05, 0.1) is 34.3 Å². The van der Waals surface area contributed by atoms with Crippen LogP contribution in [-0.2, 0) is 4.74 Å². The third kappa shape index (κ3) is 20.0. The first-order chi connectivity index (χ1) is 14.1. The molecule has 176 valence electrons. The average Bonchev–Trinajstić information content (AvgIpc) is 2.66. The number of nitrogens with zero attached hydrogens (tertiary/aromatic N) is 1. The van der Waals surface area contributed by atoms with Crippen LogP contribution in [0.2, 0.25) is 0 Å². The number of hydrogen-bond acceptors (Lipinski definition) is 1. The van der Waals surface area contributed by atoms with Crippen molar-refractivity contribution in [1.29, 1.82) is 0 Å². The van der Waals surface area contributed by atoms with Crippen molar-refractivity contribution in [2.75, 3.05) is 34.3 Å². The fourth-order valence-corrected chi connectivity index (χ4v) is 3.27. The molecule has 0 atom stereocenters. The molecule has 30 heavy (non-hydrogen) atoms. The summed E-state index contributed by atoms with van der Waals surface area (Å²) in [5, 5.41) is 0. The summed E-state index contributed by atoms with van der Waals surface area (Å²) >= 11 is 0. The SMILES string of the molecule is C=C(OC)/C(=C\C=C(C)C)C(C)C.C=CC[N+](C)(C)CCCCCCCCCCC. The number of quaternary nitrogens is 1. The summed E-state index contributed by atoms with van der Waals surface area (Å²) in [6.07, 6.45) is 19.0. The number of hydrogen-bond donors (Lipinski definition) is 0. The van der Waals surface area contributed by atoms with E-state index in [-0.39, 0.29) is 0 Å². The summed E-state index contributed by atoms with van der Waals surface area (Å²) in [6.45, 7) is 20.8. The van der Waals surface area contributed by atoms with Crippen LogP contribution in [0.3, 0.4) is 0 Å². The molecule has 0 saturated heterocycles. The number of likely N-dealkylation sites (N-methyl/N-ethyl adjacent to an activating group) is 1. The van der Waals surface area contributed by atoms with Crippen molar-refractivity contribution in [2.24, 2.45) is 5.92 Å². The molecule has 0 saturated carbocycles. The van der Waals surface area contributed by atoms with Crippen LogP contribution in [0.15, 0.2) is 48.3 Å². The van der Waals surface area contributed by atoms with Gasteiger partial charge in [-0.2, -0.15) is 0 Å². The van der Waals surface area contributed by atoms with Crippen LogP contribution in [-0.4, -0.2) is 38.8 Å². The molecule has 0 aromatic rings. The van der Waals surface area contributed by atoms with Crippen molar-refractivity contribution in [3.8, 4) is 0 Å². The minimum Gasteiger partial charge on any atom is -0.497 e. The van der Waals surface area contributed by atoms with Gasteiger partial charge in [0.1, 0.15) is 5.76 Å². The van der Waals surface area contributed by atoms with Gasteiger partial charge in [-0.25, -0.2) is 0 Å². The zero-order chi connectivity index (χ0) is 23.4. The summed E-state index contributed by atoms with van der Waals surface area (Å²) in [6, 6.07) is 0. The Balaban J connectivity index is 0. The van der Waals surface area contributed by atoms with Gasteiger partial charge in [-0.15, -0.1) is 0 Å². The van der Waals surface area contributed by atoms with E-state index < -0.39 is 0 Å². The minimum absolute atomic E-state index is 0.447. The monoisotopic (exact) mass is 420 g/mol.